The molecule has 4 rings (SSSR count). The van der Waals surface area contributed by atoms with E-state index < -0.39 is 11.1 Å². The highest BCUT2D eigenvalue weighted by molar-refractivity contribution is 7.79. The van der Waals surface area contributed by atoms with Crippen molar-refractivity contribution in [1.29, 1.82) is 0 Å². The number of likely N-dealkylation sites (N-methyl/N-ethyl adjacent to an activating group) is 1. The maximum absolute atomic E-state index is 11.5. The van der Waals surface area contributed by atoms with E-state index in [9.17, 15) is 13.9 Å². The Hall–Kier alpha value is 0.0300. The smallest absolute Gasteiger partial charge is 0.0727 e. The highest BCUT2D eigenvalue weighted by Crippen LogP contribution is 2.46. The van der Waals surface area contributed by atoms with Gasteiger partial charge in [0, 0.05) is 17.3 Å². The summed E-state index contributed by atoms with van der Waals surface area (Å²) in [7, 11) is 2.11. The van der Waals surface area contributed by atoms with Crippen LogP contribution in [0.2, 0.25) is 0 Å². The van der Waals surface area contributed by atoms with Gasteiger partial charge >= 0.3 is 0 Å². The van der Waals surface area contributed by atoms with Crippen LogP contribution in [0.5, 0.6) is 0 Å². The van der Waals surface area contributed by atoms with E-state index in [2.05, 4.69) is 11.9 Å². The van der Waals surface area contributed by atoms with Crippen molar-refractivity contribution >= 4 is 11.1 Å². The van der Waals surface area contributed by atoms with Crippen LogP contribution in [0.4, 0.5) is 0 Å². The molecule has 4 aliphatic carbocycles. The minimum atomic E-state index is -2.00. The van der Waals surface area contributed by atoms with E-state index >= 15 is 0 Å². The lowest BCUT2D eigenvalue weighted by atomic mass is 9.65. The molecule has 0 aromatic carbocycles. The number of aliphatic hydroxyl groups excluding tert-OH is 1. The number of aliphatic hydroxyl groups is 1. The normalized spacial score (nSPS) is 43.9. The van der Waals surface area contributed by atoms with Gasteiger partial charge in [-0.3, -0.25) is 9.11 Å². The van der Waals surface area contributed by atoms with Gasteiger partial charge in [0.1, 0.15) is 0 Å². The number of fused-ring (bicyclic) bond motifs is 3. The first-order chi connectivity index (χ1) is 9.59. The SMILES string of the molecule is CN(C1CCCCC1)C1C(O)C2CCC1C(S(=O)[O-])C2. The van der Waals surface area contributed by atoms with E-state index in [0.717, 1.165) is 12.8 Å². The van der Waals surface area contributed by atoms with Crippen LogP contribution in [-0.4, -0.2) is 49.3 Å². The molecule has 1 N–H and O–H groups in total. The molecule has 0 amide bonds. The highest BCUT2D eigenvalue weighted by atomic mass is 32.2. The quantitative estimate of drug-likeness (QED) is 0.805. The molecule has 20 heavy (non-hydrogen) atoms. The molecule has 0 heterocycles. The van der Waals surface area contributed by atoms with Crippen LogP contribution >= 0.6 is 0 Å². The summed E-state index contributed by atoms with van der Waals surface area (Å²) in [6.07, 6.45) is 8.53. The van der Waals surface area contributed by atoms with Crippen molar-refractivity contribution in [2.24, 2.45) is 11.8 Å². The van der Waals surface area contributed by atoms with Gasteiger partial charge in [-0.2, -0.15) is 0 Å². The van der Waals surface area contributed by atoms with E-state index in [4.69, 9.17) is 0 Å². The Morgan fingerprint density at radius 3 is 2.50 bits per heavy atom. The second-order valence-corrected chi connectivity index (χ2v) is 8.10. The predicted octanol–water partition coefficient (Wildman–Crippen LogP) is 1.66. The van der Waals surface area contributed by atoms with Crippen LogP contribution in [0.15, 0.2) is 0 Å². The third-order valence-electron chi connectivity index (χ3n) is 6.02. The lowest BCUT2D eigenvalue weighted by Crippen LogP contribution is -2.62. The molecule has 2 bridgehead atoms. The number of rotatable bonds is 3. The Morgan fingerprint density at radius 1 is 1.15 bits per heavy atom. The molecule has 0 saturated heterocycles. The maximum atomic E-state index is 11.5. The van der Waals surface area contributed by atoms with Crippen molar-refractivity contribution in [2.75, 3.05) is 7.05 Å². The van der Waals surface area contributed by atoms with Gasteiger partial charge in [0.2, 0.25) is 0 Å². The second-order valence-electron chi connectivity index (χ2n) is 6.97. The summed E-state index contributed by atoms with van der Waals surface area (Å²) in [6, 6.07) is 0.581. The zero-order valence-electron chi connectivity index (χ0n) is 12.2. The average Bonchev–Trinajstić information content (AvgIpc) is 2.48. The van der Waals surface area contributed by atoms with Gasteiger partial charge in [-0.15, -0.1) is 0 Å². The Balaban J connectivity index is 1.77. The van der Waals surface area contributed by atoms with E-state index in [-0.39, 0.29) is 29.2 Å². The first-order valence-corrected chi connectivity index (χ1v) is 9.21. The molecule has 6 unspecified atom stereocenters. The molecule has 4 aliphatic rings. The molecule has 116 valence electrons. The van der Waals surface area contributed by atoms with Crippen molar-refractivity contribution in [2.45, 2.75) is 74.8 Å². The van der Waals surface area contributed by atoms with E-state index in [0.29, 0.717) is 12.5 Å². The molecule has 0 aromatic rings. The molecular formula is C15H26NO3S-. The van der Waals surface area contributed by atoms with Crippen LogP contribution in [0.1, 0.15) is 51.4 Å². The Kier molecular flexibility index (Phi) is 4.51. The zero-order chi connectivity index (χ0) is 14.3. The standard InChI is InChI=1S/C15H27NO3S/c1-16(11-5-3-2-4-6-11)14-12-8-7-10(15(14)17)9-13(12)20(18)19/h10-15,17H,2-9H2,1H3,(H,18,19)/p-1. The van der Waals surface area contributed by atoms with Crippen LogP contribution < -0.4 is 0 Å². The summed E-state index contributed by atoms with van der Waals surface area (Å²) in [6.45, 7) is 0. The minimum Gasteiger partial charge on any atom is -0.772 e. The molecule has 6 atom stereocenters. The highest BCUT2D eigenvalue weighted by Gasteiger charge is 2.50. The summed E-state index contributed by atoms with van der Waals surface area (Å²) < 4.78 is 23.0. The molecule has 4 saturated carbocycles. The van der Waals surface area contributed by atoms with Crippen molar-refractivity contribution in [1.82, 2.24) is 4.90 Å². The third kappa shape index (κ3) is 2.58. The summed E-state index contributed by atoms with van der Waals surface area (Å²) in [4.78, 5) is 2.33. The Labute approximate surface area is 124 Å². The first-order valence-electron chi connectivity index (χ1n) is 8.07. The van der Waals surface area contributed by atoms with Gasteiger partial charge in [-0.1, -0.05) is 30.3 Å². The maximum Gasteiger partial charge on any atom is 0.0727 e. The van der Waals surface area contributed by atoms with E-state index in [1.54, 1.807) is 0 Å². The summed E-state index contributed by atoms with van der Waals surface area (Å²) in [5, 5.41) is 10.4. The van der Waals surface area contributed by atoms with Gasteiger partial charge in [0.25, 0.3) is 0 Å². The average molecular weight is 300 g/mol. The molecule has 0 aromatic heterocycles. The topological polar surface area (TPSA) is 63.6 Å². The largest absolute Gasteiger partial charge is 0.772 e. The predicted molar refractivity (Wildman–Crippen MR) is 78.0 cm³/mol. The second kappa shape index (κ2) is 6.03. The molecule has 0 aliphatic heterocycles. The lowest BCUT2D eigenvalue weighted by molar-refractivity contribution is -0.0869. The molecule has 4 fully saturated rings. The van der Waals surface area contributed by atoms with Gasteiger partial charge in [-0.05, 0) is 51.0 Å². The number of hydrogen-bond donors (Lipinski definition) is 1. The molecule has 4 nitrogen and oxygen atoms in total. The Bertz CT molecular complexity index is 372. The molecule has 5 heteroatoms. The van der Waals surface area contributed by atoms with Crippen molar-refractivity contribution < 1.29 is 13.9 Å². The molecule has 0 radical (unpaired) electrons. The molecular weight excluding hydrogens is 274 g/mol. The van der Waals surface area contributed by atoms with Crippen LogP contribution in [0, 0.1) is 11.8 Å². The Morgan fingerprint density at radius 2 is 1.85 bits per heavy atom. The van der Waals surface area contributed by atoms with Gasteiger partial charge in [0.15, 0.2) is 0 Å². The third-order valence-corrected chi connectivity index (χ3v) is 7.06. The van der Waals surface area contributed by atoms with Crippen LogP contribution in [-0.2, 0) is 11.1 Å². The molecule has 0 spiro atoms. The fourth-order valence-electron chi connectivity index (χ4n) is 4.91. The fourth-order valence-corrected chi connectivity index (χ4v) is 5.90. The van der Waals surface area contributed by atoms with Gasteiger partial charge < -0.3 is 9.66 Å². The number of hydrogen-bond acceptors (Lipinski definition) is 4. The summed E-state index contributed by atoms with van der Waals surface area (Å²) >= 11 is -2.00. The first kappa shape index (κ1) is 14.9. The monoisotopic (exact) mass is 300 g/mol. The summed E-state index contributed by atoms with van der Waals surface area (Å²) in [5.41, 5.74) is 0. The fraction of sp³-hybridized carbons (Fsp3) is 1.00. The van der Waals surface area contributed by atoms with Gasteiger partial charge in [-0.25, -0.2) is 0 Å². The van der Waals surface area contributed by atoms with E-state index in [1.165, 1.54) is 32.1 Å². The lowest BCUT2D eigenvalue weighted by Gasteiger charge is -2.55. The van der Waals surface area contributed by atoms with Crippen molar-refractivity contribution in [3.63, 3.8) is 0 Å². The summed E-state index contributed by atoms with van der Waals surface area (Å²) in [5.74, 6) is 0.305. The van der Waals surface area contributed by atoms with Crippen molar-refractivity contribution in [3.05, 3.63) is 0 Å². The van der Waals surface area contributed by atoms with Crippen LogP contribution in [0.25, 0.3) is 0 Å². The van der Waals surface area contributed by atoms with Gasteiger partial charge in [0.05, 0.1) is 6.10 Å². The minimum absolute atomic E-state index is 0.0495. The van der Waals surface area contributed by atoms with E-state index in [1.807, 2.05) is 0 Å². The van der Waals surface area contributed by atoms with Crippen LogP contribution in [0.3, 0.4) is 0 Å². The van der Waals surface area contributed by atoms with Crippen molar-refractivity contribution in [3.8, 4) is 0 Å². The zero-order valence-corrected chi connectivity index (χ0v) is 13.1. The number of nitrogens with zero attached hydrogens (tertiary/aromatic N) is 1.